The molecule has 0 saturated carbocycles. The van der Waals surface area contributed by atoms with Crippen LogP contribution in [0.3, 0.4) is 0 Å². The summed E-state index contributed by atoms with van der Waals surface area (Å²) in [6.07, 6.45) is 1.97. The van der Waals surface area contributed by atoms with Crippen LogP contribution in [-0.2, 0) is 14.2 Å². The van der Waals surface area contributed by atoms with Gasteiger partial charge < -0.3 is 23.8 Å². The zero-order chi connectivity index (χ0) is 22.2. The van der Waals surface area contributed by atoms with Crippen LogP contribution < -0.4 is 9.64 Å². The van der Waals surface area contributed by atoms with Crippen molar-refractivity contribution in [1.29, 1.82) is 0 Å². The van der Waals surface area contributed by atoms with Crippen LogP contribution in [-0.4, -0.2) is 59.2 Å². The van der Waals surface area contributed by atoms with Gasteiger partial charge in [0.2, 0.25) is 0 Å². The second kappa shape index (κ2) is 11.2. The van der Waals surface area contributed by atoms with Crippen LogP contribution >= 0.6 is 0 Å². The lowest BCUT2D eigenvalue weighted by atomic mass is 9.95. The highest BCUT2D eigenvalue weighted by Crippen LogP contribution is 2.34. The number of carbonyl (C=O) groups is 1. The van der Waals surface area contributed by atoms with Gasteiger partial charge in [0.05, 0.1) is 19.3 Å². The van der Waals surface area contributed by atoms with Gasteiger partial charge in [-0.3, -0.25) is 0 Å². The predicted octanol–water partition coefficient (Wildman–Crippen LogP) is 4.48. The molecule has 0 amide bonds. The van der Waals surface area contributed by atoms with Crippen LogP contribution in [0.1, 0.15) is 35.7 Å². The van der Waals surface area contributed by atoms with Gasteiger partial charge in [0.25, 0.3) is 0 Å². The van der Waals surface area contributed by atoms with E-state index in [0.717, 1.165) is 60.7 Å². The fourth-order valence-electron chi connectivity index (χ4n) is 4.09. The molecule has 168 valence electrons. The minimum Gasteiger partial charge on any atom is -0.491 e. The summed E-state index contributed by atoms with van der Waals surface area (Å²) in [5, 5.41) is 0. The molecule has 0 atom stereocenters. The molecule has 1 saturated heterocycles. The van der Waals surface area contributed by atoms with Gasteiger partial charge in [0.15, 0.2) is 0 Å². The zero-order valence-corrected chi connectivity index (χ0v) is 19.0. The lowest BCUT2D eigenvalue weighted by Crippen LogP contribution is -2.40. The third-order valence-electron chi connectivity index (χ3n) is 5.81. The maximum absolute atomic E-state index is 12.6. The molecule has 6 heteroatoms. The number of hydrogen-bond donors (Lipinski definition) is 0. The maximum atomic E-state index is 12.6. The minimum atomic E-state index is -0.317. The Kier molecular flexibility index (Phi) is 8.32. The number of rotatable bonds is 9. The summed E-state index contributed by atoms with van der Waals surface area (Å²) in [6.45, 7) is 7.62. The molecule has 2 aromatic carbocycles. The van der Waals surface area contributed by atoms with Crippen molar-refractivity contribution >= 4 is 11.7 Å². The van der Waals surface area contributed by atoms with Crippen LogP contribution in [0.4, 0.5) is 5.69 Å². The Morgan fingerprint density at radius 3 is 2.39 bits per heavy atom. The first-order valence-electron chi connectivity index (χ1n) is 10.9. The normalized spacial score (nSPS) is 14.3. The van der Waals surface area contributed by atoms with Gasteiger partial charge in [-0.25, -0.2) is 4.79 Å². The standard InChI is InChI=1S/C25H33NO5/c1-5-26(21-10-12-30-13-11-21)24-17-20(16-23(18(24)2)25(27)29-4)19-6-8-22(9-7-19)31-15-14-28-3/h6-9,16-17,21H,5,10-15H2,1-4H3. The van der Waals surface area contributed by atoms with E-state index in [9.17, 15) is 4.79 Å². The van der Waals surface area contributed by atoms with E-state index in [-0.39, 0.29) is 5.97 Å². The van der Waals surface area contributed by atoms with Crippen LogP contribution in [0.25, 0.3) is 11.1 Å². The minimum absolute atomic E-state index is 0.317. The maximum Gasteiger partial charge on any atom is 0.338 e. The van der Waals surface area contributed by atoms with Crippen LogP contribution in [0.5, 0.6) is 5.75 Å². The van der Waals surface area contributed by atoms with Crippen molar-refractivity contribution in [3.63, 3.8) is 0 Å². The number of esters is 1. The van der Waals surface area contributed by atoms with E-state index in [2.05, 4.69) is 17.9 Å². The molecule has 0 N–H and O–H groups in total. The number of hydrogen-bond acceptors (Lipinski definition) is 6. The van der Waals surface area contributed by atoms with E-state index < -0.39 is 0 Å². The Labute approximate surface area is 185 Å². The smallest absolute Gasteiger partial charge is 0.338 e. The summed E-state index contributed by atoms with van der Waals surface area (Å²) >= 11 is 0. The van der Waals surface area contributed by atoms with Crippen molar-refractivity contribution in [3.05, 3.63) is 47.5 Å². The van der Waals surface area contributed by atoms with E-state index in [1.54, 1.807) is 7.11 Å². The van der Waals surface area contributed by atoms with Crippen molar-refractivity contribution < 1.29 is 23.7 Å². The van der Waals surface area contributed by atoms with E-state index in [0.29, 0.717) is 24.8 Å². The fourth-order valence-corrected chi connectivity index (χ4v) is 4.09. The lowest BCUT2D eigenvalue weighted by molar-refractivity contribution is 0.0599. The lowest BCUT2D eigenvalue weighted by Gasteiger charge is -2.37. The Hall–Kier alpha value is -2.57. The summed E-state index contributed by atoms with van der Waals surface area (Å²) in [5.74, 6) is 0.474. The Bertz CT molecular complexity index is 859. The van der Waals surface area contributed by atoms with Crippen molar-refractivity contribution in [3.8, 4) is 16.9 Å². The quantitative estimate of drug-likeness (QED) is 0.434. The molecule has 1 heterocycles. The van der Waals surface area contributed by atoms with Gasteiger partial charge in [-0.2, -0.15) is 0 Å². The fraction of sp³-hybridized carbons (Fsp3) is 0.480. The number of methoxy groups -OCH3 is 2. The van der Waals surface area contributed by atoms with Crippen molar-refractivity contribution in [1.82, 2.24) is 0 Å². The summed E-state index contributed by atoms with van der Waals surface area (Å²) in [6, 6.07) is 12.4. The topological polar surface area (TPSA) is 57.2 Å². The molecule has 1 aliphatic heterocycles. The Morgan fingerprint density at radius 1 is 1.06 bits per heavy atom. The molecule has 0 aliphatic carbocycles. The molecule has 3 rings (SSSR count). The highest BCUT2D eigenvalue weighted by molar-refractivity contribution is 5.95. The summed E-state index contributed by atoms with van der Waals surface area (Å²) < 4.78 is 21.3. The SMILES string of the molecule is CCN(c1cc(-c2ccc(OCCOC)cc2)cc(C(=O)OC)c1C)C1CCOCC1. The molecule has 1 aliphatic rings. The summed E-state index contributed by atoms with van der Waals surface area (Å²) in [4.78, 5) is 15.0. The average molecular weight is 428 g/mol. The zero-order valence-electron chi connectivity index (χ0n) is 19.0. The Balaban J connectivity index is 1.98. The summed E-state index contributed by atoms with van der Waals surface area (Å²) in [5.41, 5.74) is 4.63. The van der Waals surface area contributed by atoms with E-state index in [4.69, 9.17) is 18.9 Å². The van der Waals surface area contributed by atoms with Crippen LogP contribution in [0.15, 0.2) is 36.4 Å². The first kappa shape index (κ1) is 23.1. The highest BCUT2D eigenvalue weighted by Gasteiger charge is 2.25. The van der Waals surface area contributed by atoms with Crippen LogP contribution in [0.2, 0.25) is 0 Å². The molecule has 6 nitrogen and oxygen atoms in total. The molecule has 0 radical (unpaired) electrons. The number of anilines is 1. The van der Waals surface area contributed by atoms with Gasteiger partial charge in [-0.15, -0.1) is 0 Å². The number of ether oxygens (including phenoxy) is 4. The molecule has 1 fully saturated rings. The van der Waals surface area contributed by atoms with E-state index >= 15 is 0 Å². The number of carbonyl (C=O) groups excluding carboxylic acids is 1. The van der Waals surface area contributed by atoms with Gasteiger partial charge >= 0.3 is 5.97 Å². The third kappa shape index (κ3) is 5.57. The molecule has 31 heavy (non-hydrogen) atoms. The first-order chi connectivity index (χ1) is 15.1. The van der Waals surface area contributed by atoms with Crippen molar-refractivity contribution in [2.75, 3.05) is 52.1 Å². The molecule has 0 unspecified atom stereocenters. The average Bonchev–Trinajstić information content (AvgIpc) is 2.81. The summed E-state index contributed by atoms with van der Waals surface area (Å²) in [7, 11) is 3.08. The highest BCUT2D eigenvalue weighted by atomic mass is 16.5. The number of nitrogens with zero attached hydrogens (tertiary/aromatic N) is 1. The second-order valence-electron chi connectivity index (χ2n) is 7.65. The second-order valence-corrected chi connectivity index (χ2v) is 7.65. The molecule has 0 spiro atoms. The monoisotopic (exact) mass is 427 g/mol. The molecule has 0 aromatic heterocycles. The van der Waals surface area contributed by atoms with Crippen molar-refractivity contribution in [2.24, 2.45) is 0 Å². The van der Waals surface area contributed by atoms with Crippen molar-refractivity contribution in [2.45, 2.75) is 32.7 Å². The predicted molar refractivity (Wildman–Crippen MR) is 122 cm³/mol. The van der Waals surface area contributed by atoms with Gasteiger partial charge in [0, 0.05) is 38.6 Å². The molecule has 2 aromatic rings. The molecular weight excluding hydrogens is 394 g/mol. The van der Waals surface area contributed by atoms with Gasteiger partial charge in [-0.1, -0.05) is 12.1 Å². The first-order valence-corrected chi connectivity index (χ1v) is 10.9. The largest absolute Gasteiger partial charge is 0.491 e. The van der Waals surface area contributed by atoms with E-state index in [1.807, 2.05) is 37.3 Å². The van der Waals surface area contributed by atoms with Crippen LogP contribution in [0, 0.1) is 6.92 Å². The Morgan fingerprint density at radius 2 is 1.77 bits per heavy atom. The van der Waals surface area contributed by atoms with E-state index in [1.165, 1.54) is 7.11 Å². The van der Waals surface area contributed by atoms with Gasteiger partial charge in [-0.05, 0) is 67.6 Å². The molecular formula is C25H33NO5. The van der Waals surface area contributed by atoms with Gasteiger partial charge in [0.1, 0.15) is 12.4 Å². The molecule has 0 bridgehead atoms. The number of benzene rings is 2. The third-order valence-corrected chi connectivity index (χ3v) is 5.81.